The van der Waals surface area contributed by atoms with Crippen molar-refractivity contribution >= 4 is 138 Å². The number of fused-ring (bicyclic) bond motifs is 12. The van der Waals surface area contributed by atoms with Crippen molar-refractivity contribution in [1.29, 1.82) is 0 Å². The largest absolute Gasteiger partial charge is 0.481 e. The summed E-state index contributed by atoms with van der Waals surface area (Å²) in [6, 6.07) is 135. The molecule has 0 amide bonds. The number of carbonyl (C=O) groups excluding carboxylic acids is 1. The zero-order valence-electron chi connectivity index (χ0n) is 61.4. The van der Waals surface area contributed by atoms with Gasteiger partial charge in [-0.1, -0.05) is 392 Å². The first-order valence-electron chi connectivity index (χ1n) is 36.6. The zero-order valence-corrected chi connectivity index (χ0v) is 66.0. The van der Waals surface area contributed by atoms with Crippen LogP contribution in [0.25, 0.3) is 98.0 Å². The van der Waals surface area contributed by atoms with Crippen LogP contribution in [0, 0.1) is 0 Å². The molecule has 8 nitrogen and oxygen atoms in total. The predicted molar refractivity (Wildman–Crippen MR) is 481 cm³/mol. The summed E-state index contributed by atoms with van der Waals surface area (Å²) in [5.74, 6) is -0.804. The molecule has 0 fully saturated rings. The van der Waals surface area contributed by atoms with Gasteiger partial charge in [-0.25, -0.2) is 0 Å². The first-order valence-corrected chi connectivity index (χ1v) is 39.9. The first-order chi connectivity index (χ1) is 55.2. The molecule has 1 aliphatic carbocycles. The van der Waals surface area contributed by atoms with E-state index < -0.39 is 27.4 Å². The van der Waals surface area contributed by atoms with Gasteiger partial charge in [0.25, 0.3) is 5.97 Å². The normalized spacial score (nSPS) is 12.9. The van der Waals surface area contributed by atoms with Gasteiger partial charge in [-0.05, 0) is 192 Å². The average Bonchev–Trinajstić information content (AvgIpc) is 1.55. The molecule has 1 aliphatic rings. The van der Waals surface area contributed by atoms with Crippen molar-refractivity contribution in [1.82, 2.24) is 0 Å². The summed E-state index contributed by atoms with van der Waals surface area (Å²) in [7, 11) is -4.67. The average molecular weight is 1650 g/mol. The highest BCUT2D eigenvalue weighted by atomic mass is 79.9. The third-order valence-electron chi connectivity index (χ3n) is 20.3. The van der Waals surface area contributed by atoms with Crippen molar-refractivity contribution in [3.8, 4) is 33.4 Å². The lowest BCUT2D eigenvalue weighted by molar-refractivity contribution is -0.134. The van der Waals surface area contributed by atoms with Crippen LogP contribution in [-0.2, 0) is 26.2 Å². The maximum Gasteiger partial charge on any atom is 0.394 e. The minimum Gasteiger partial charge on any atom is -0.481 e. The first kappa shape index (κ1) is 80.9. The number of carboxylic acid groups (broad SMARTS) is 1. The maximum atomic E-state index is 12.7. The van der Waals surface area contributed by atoms with Crippen LogP contribution in [0.4, 0.5) is 0 Å². The van der Waals surface area contributed by atoms with Crippen LogP contribution in [0.5, 0.6) is 0 Å². The monoisotopic (exact) mass is 1640 g/mol. The number of carboxylic acids is 1. The molecular formula is C102H76BrCl3O8S. The van der Waals surface area contributed by atoms with Crippen molar-refractivity contribution < 1.29 is 37.3 Å². The predicted octanol–water partition coefficient (Wildman–Crippen LogP) is 27.7. The van der Waals surface area contributed by atoms with Gasteiger partial charge < -0.3 is 10.2 Å². The second kappa shape index (κ2) is 35.9. The van der Waals surface area contributed by atoms with Gasteiger partial charge in [0, 0.05) is 43.2 Å². The van der Waals surface area contributed by atoms with Gasteiger partial charge in [-0.2, -0.15) is 8.42 Å². The van der Waals surface area contributed by atoms with E-state index in [1.165, 1.54) is 92.6 Å². The molecule has 0 aromatic heterocycles. The standard InChI is InChI=1S/C33H23ClO.C33H21Cl.C19H13ClO.C14H9Br.C2H4O2.CH4.H2O4S/c34-28-19-16-24(17-20-28)31-12-6-7-13-32(31)33(35,26-9-2-1-3-10-26)27-18-21-30-25(22-27)15-14-23-8-4-5-11-29(23)30;34-26-17-19-30-29-12-6-7-13-31(29)33(32(30)21-26,24-9-2-1-3-10-24)25-16-18-28-23(20-25)15-14-22-8-4-5-11-27(22)28;20-16-12-10-14(11-13-16)17-8-4-5-9-18(17)19(21)15-6-2-1-3-7-15;15-12-7-8-14-11(9-12)6-5-10-3-1-2-4-13(10)14;1-2(3)4;;1-5(2,3)4/h1-22,35H;1-21H;1-13H;1-9H;1H3,(H,3,4);1H4;(H2,1,2,3,4). The molecule has 18 aromatic rings. The number of ketones is 1. The highest BCUT2D eigenvalue weighted by Crippen LogP contribution is 2.57. The van der Waals surface area contributed by atoms with E-state index in [1.54, 1.807) is 0 Å². The molecule has 19 rings (SSSR count). The summed E-state index contributed by atoms with van der Waals surface area (Å²) in [5.41, 5.74) is 13.6. The Morgan fingerprint density at radius 2 is 0.739 bits per heavy atom. The smallest absolute Gasteiger partial charge is 0.394 e. The second-order valence-corrected chi connectivity index (χ2v) is 30.4. The molecule has 2 unspecified atom stereocenters. The second-order valence-electron chi connectivity index (χ2n) is 27.3. The summed E-state index contributed by atoms with van der Waals surface area (Å²) in [6.07, 6.45) is 0. The van der Waals surface area contributed by atoms with Crippen molar-refractivity contribution in [3.05, 3.63) is 464 Å². The Bertz CT molecular complexity index is 6660. The van der Waals surface area contributed by atoms with Crippen LogP contribution in [0.1, 0.15) is 69.2 Å². The van der Waals surface area contributed by atoms with Crippen LogP contribution in [0.15, 0.2) is 399 Å². The molecular weight excluding hydrogens is 1570 g/mol. The molecule has 18 aromatic carbocycles. The maximum absolute atomic E-state index is 12.7. The van der Waals surface area contributed by atoms with E-state index in [9.17, 15) is 9.90 Å². The van der Waals surface area contributed by atoms with Crippen molar-refractivity contribution in [3.63, 3.8) is 0 Å². The molecule has 13 heteroatoms. The zero-order chi connectivity index (χ0) is 79.5. The quantitative estimate of drug-likeness (QED) is 0.0483. The SMILES string of the molecule is Brc1ccc2c(ccc3ccccc32)c1.C.CC(=O)O.Clc1ccc2c(c1)C(c1ccccc1)(c1ccc3c(ccc4ccccc43)c1)c1ccccc1-2.O=C(c1ccccc1)c1ccccc1-c1ccc(Cl)cc1.O=S(=O)(O)O.OC(c1ccccc1)(c1ccc2c(ccc3ccccc32)c1)c1ccccc1-c1ccc(Cl)cc1. The van der Waals surface area contributed by atoms with E-state index in [2.05, 4.69) is 253 Å². The molecule has 0 radical (unpaired) electrons. The van der Waals surface area contributed by atoms with Crippen LogP contribution < -0.4 is 0 Å². The molecule has 0 spiro atoms. The number of rotatable bonds is 9. The van der Waals surface area contributed by atoms with E-state index in [0.717, 1.165) is 60.7 Å². The van der Waals surface area contributed by atoms with E-state index in [4.69, 9.17) is 62.2 Å². The Morgan fingerprint density at radius 1 is 0.348 bits per heavy atom. The third-order valence-corrected chi connectivity index (χ3v) is 21.5. The summed E-state index contributed by atoms with van der Waals surface area (Å²) >= 11 is 22.2. The van der Waals surface area contributed by atoms with Gasteiger partial charge in [-0.15, -0.1) is 0 Å². The van der Waals surface area contributed by atoms with Gasteiger partial charge in [0.1, 0.15) is 5.60 Å². The van der Waals surface area contributed by atoms with Crippen molar-refractivity contribution in [2.45, 2.75) is 25.4 Å². The topological polar surface area (TPSA) is 149 Å². The number of aliphatic hydroxyl groups is 1. The summed E-state index contributed by atoms with van der Waals surface area (Å²) < 4.78 is 32.7. The van der Waals surface area contributed by atoms with Crippen LogP contribution in [0.2, 0.25) is 15.1 Å². The Morgan fingerprint density at radius 3 is 1.30 bits per heavy atom. The van der Waals surface area contributed by atoms with Crippen molar-refractivity contribution in [2.24, 2.45) is 0 Å². The Balaban J connectivity index is 0.000000134. The summed E-state index contributed by atoms with van der Waals surface area (Å²) in [4.78, 5) is 21.7. The van der Waals surface area contributed by atoms with Crippen LogP contribution in [0.3, 0.4) is 0 Å². The lowest BCUT2D eigenvalue weighted by Crippen LogP contribution is -2.29. The Labute approximate surface area is 692 Å². The molecule has 0 aliphatic heterocycles. The fourth-order valence-corrected chi connectivity index (χ4v) is 16.1. The van der Waals surface area contributed by atoms with Crippen LogP contribution >= 0.6 is 50.7 Å². The summed E-state index contributed by atoms with van der Waals surface area (Å²) in [5, 5.41) is 37.2. The molecule has 0 saturated carbocycles. The van der Waals surface area contributed by atoms with Gasteiger partial charge in [0.05, 0.1) is 5.41 Å². The van der Waals surface area contributed by atoms with Crippen LogP contribution in [-0.4, -0.2) is 39.5 Å². The number of hydrogen-bond acceptors (Lipinski definition) is 5. The molecule has 115 heavy (non-hydrogen) atoms. The van der Waals surface area contributed by atoms with E-state index in [0.29, 0.717) is 21.2 Å². The molecule has 0 heterocycles. The van der Waals surface area contributed by atoms with E-state index >= 15 is 0 Å². The van der Waals surface area contributed by atoms with Gasteiger partial charge in [0.15, 0.2) is 5.78 Å². The fourth-order valence-electron chi connectivity index (χ4n) is 15.3. The number of aliphatic carboxylic acids is 1. The molecule has 4 N–H and O–H groups in total. The number of benzene rings is 18. The lowest BCUT2D eigenvalue weighted by atomic mass is 9.67. The van der Waals surface area contributed by atoms with Crippen molar-refractivity contribution in [2.75, 3.05) is 0 Å². The van der Waals surface area contributed by atoms with Gasteiger partial charge in [-0.3, -0.25) is 18.7 Å². The number of halogens is 4. The lowest BCUT2D eigenvalue weighted by Gasteiger charge is -2.34. The highest BCUT2D eigenvalue weighted by molar-refractivity contribution is 9.10. The van der Waals surface area contributed by atoms with E-state index in [1.807, 2.05) is 158 Å². The minimum absolute atomic E-state index is 0. The van der Waals surface area contributed by atoms with Gasteiger partial charge in [0.2, 0.25) is 0 Å². The highest BCUT2D eigenvalue weighted by Gasteiger charge is 2.46. The molecule has 566 valence electrons. The van der Waals surface area contributed by atoms with E-state index in [-0.39, 0.29) is 13.2 Å². The number of hydrogen-bond donors (Lipinski definition) is 4. The Hall–Kier alpha value is -12.2. The van der Waals surface area contributed by atoms with Gasteiger partial charge >= 0.3 is 10.4 Å². The Kier molecular flexibility index (Phi) is 25.2. The third kappa shape index (κ3) is 17.8. The fraction of sp³-hybridized carbons (Fsp3) is 0.0392. The number of carbonyl (C=O) groups is 2. The summed E-state index contributed by atoms with van der Waals surface area (Å²) in [6.45, 7) is 1.08. The molecule has 0 bridgehead atoms. The minimum atomic E-state index is -4.67. The molecule has 2 atom stereocenters. The molecule has 0 saturated heterocycles.